The molecule has 0 aliphatic carbocycles. The van der Waals surface area contributed by atoms with Crippen LogP contribution in [0, 0.1) is 5.41 Å². The first-order valence-corrected chi connectivity index (χ1v) is 7.20. The Labute approximate surface area is 134 Å². The van der Waals surface area contributed by atoms with Crippen LogP contribution in [0.3, 0.4) is 0 Å². The molecule has 0 heterocycles. The zero-order chi connectivity index (χ0) is 18.1. The largest absolute Gasteiger partial charge is 0.573 e. The zero-order valence-electron chi connectivity index (χ0n) is 13.6. The molecular formula is C16H24F3NO3. The van der Waals surface area contributed by atoms with Crippen LogP contribution in [0.5, 0.6) is 5.75 Å². The maximum Gasteiger partial charge on any atom is 0.573 e. The number of carboxylic acid groups (broad SMARTS) is 1. The van der Waals surface area contributed by atoms with Crippen molar-refractivity contribution in [1.29, 1.82) is 0 Å². The standard InChI is InChI=1S/C8H8F3NO.C8H16O2/c9-8(10,11)13-7-4-2-1-3-6(7)5-12;1-8(2,3)6-4-5-7(9)10/h1-4H,5,12H2;4-6H2,1-3H3,(H,9,10). The number of rotatable bonds is 5. The van der Waals surface area contributed by atoms with Gasteiger partial charge in [-0.25, -0.2) is 0 Å². The fraction of sp³-hybridized carbons (Fsp3) is 0.562. The van der Waals surface area contributed by atoms with Crippen molar-refractivity contribution < 1.29 is 27.8 Å². The van der Waals surface area contributed by atoms with Gasteiger partial charge in [0.15, 0.2) is 0 Å². The van der Waals surface area contributed by atoms with Gasteiger partial charge in [-0.15, -0.1) is 13.2 Å². The molecule has 0 saturated carbocycles. The summed E-state index contributed by atoms with van der Waals surface area (Å²) < 4.78 is 39.1. The molecule has 7 heteroatoms. The third kappa shape index (κ3) is 12.5. The minimum Gasteiger partial charge on any atom is -0.481 e. The smallest absolute Gasteiger partial charge is 0.481 e. The second kappa shape index (κ2) is 9.39. The van der Waals surface area contributed by atoms with Crippen LogP contribution in [0.15, 0.2) is 24.3 Å². The summed E-state index contributed by atoms with van der Waals surface area (Å²) in [5.74, 6) is -0.929. The van der Waals surface area contributed by atoms with Gasteiger partial charge in [0.2, 0.25) is 0 Å². The maximum atomic E-state index is 11.8. The lowest BCUT2D eigenvalue weighted by atomic mass is 9.90. The van der Waals surface area contributed by atoms with Crippen molar-refractivity contribution in [2.75, 3.05) is 0 Å². The van der Waals surface area contributed by atoms with Crippen LogP contribution in [0.25, 0.3) is 0 Å². The molecule has 0 aliphatic heterocycles. The number of carbonyl (C=O) groups is 1. The summed E-state index contributed by atoms with van der Waals surface area (Å²) in [5, 5.41) is 8.31. The molecule has 0 aromatic heterocycles. The van der Waals surface area contributed by atoms with Gasteiger partial charge >= 0.3 is 12.3 Å². The zero-order valence-corrected chi connectivity index (χ0v) is 13.6. The Morgan fingerprint density at radius 1 is 1.22 bits per heavy atom. The highest BCUT2D eigenvalue weighted by molar-refractivity contribution is 5.66. The molecule has 0 atom stereocenters. The number of hydrogen-bond donors (Lipinski definition) is 2. The summed E-state index contributed by atoms with van der Waals surface area (Å²) in [7, 11) is 0. The first-order chi connectivity index (χ1) is 10.4. The Morgan fingerprint density at radius 3 is 2.22 bits per heavy atom. The third-order valence-corrected chi connectivity index (χ3v) is 2.74. The van der Waals surface area contributed by atoms with Gasteiger partial charge in [-0.05, 0) is 24.3 Å². The van der Waals surface area contributed by atoms with E-state index in [2.05, 4.69) is 25.5 Å². The highest BCUT2D eigenvalue weighted by atomic mass is 19.4. The van der Waals surface area contributed by atoms with Crippen LogP contribution in [0.2, 0.25) is 0 Å². The van der Waals surface area contributed by atoms with Gasteiger partial charge in [0, 0.05) is 18.5 Å². The number of carboxylic acids is 1. The number of para-hydroxylation sites is 1. The lowest BCUT2D eigenvalue weighted by Crippen LogP contribution is -2.18. The van der Waals surface area contributed by atoms with Crippen molar-refractivity contribution in [1.82, 2.24) is 0 Å². The van der Waals surface area contributed by atoms with E-state index in [1.807, 2.05) is 0 Å². The average molecular weight is 335 g/mol. The fourth-order valence-corrected chi connectivity index (χ4v) is 1.67. The van der Waals surface area contributed by atoms with E-state index >= 15 is 0 Å². The predicted molar refractivity (Wildman–Crippen MR) is 82.0 cm³/mol. The lowest BCUT2D eigenvalue weighted by Gasteiger charge is -2.16. The quantitative estimate of drug-likeness (QED) is 0.840. The van der Waals surface area contributed by atoms with E-state index in [0.29, 0.717) is 12.0 Å². The van der Waals surface area contributed by atoms with Gasteiger partial charge in [-0.2, -0.15) is 0 Å². The van der Waals surface area contributed by atoms with Gasteiger partial charge in [-0.3, -0.25) is 4.79 Å². The topological polar surface area (TPSA) is 72.5 Å². The summed E-state index contributed by atoms with van der Waals surface area (Å²) in [6, 6.07) is 5.78. The van der Waals surface area contributed by atoms with E-state index in [1.54, 1.807) is 6.07 Å². The lowest BCUT2D eigenvalue weighted by molar-refractivity contribution is -0.274. The number of ether oxygens (including phenoxy) is 1. The van der Waals surface area contributed by atoms with Gasteiger partial charge < -0.3 is 15.6 Å². The molecule has 0 fully saturated rings. The Hall–Kier alpha value is -1.76. The molecule has 0 spiro atoms. The minimum absolute atomic E-state index is 0.0201. The predicted octanol–water partition coefficient (Wildman–Crippen LogP) is 4.33. The molecule has 1 aromatic carbocycles. The van der Waals surface area contributed by atoms with Crippen molar-refractivity contribution in [3.63, 3.8) is 0 Å². The third-order valence-electron chi connectivity index (χ3n) is 2.74. The van der Waals surface area contributed by atoms with E-state index in [0.717, 1.165) is 12.8 Å². The molecular weight excluding hydrogens is 311 g/mol. The van der Waals surface area contributed by atoms with Gasteiger partial charge in [-0.1, -0.05) is 39.0 Å². The monoisotopic (exact) mass is 335 g/mol. The van der Waals surface area contributed by atoms with E-state index < -0.39 is 12.3 Å². The van der Waals surface area contributed by atoms with E-state index in [9.17, 15) is 18.0 Å². The summed E-state index contributed by atoms with van der Waals surface area (Å²) in [6.07, 6.45) is -2.58. The molecule has 1 aromatic rings. The first kappa shape index (κ1) is 21.2. The molecule has 23 heavy (non-hydrogen) atoms. The summed E-state index contributed by atoms with van der Waals surface area (Å²) in [4.78, 5) is 10.1. The molecule has 0 saturated heterocycles. The van der Waals surface area contributed by atoms with Crippen LogP contribution >= 0.6 is 0 Å². The van der Waals surface area contributed by atoms with Crippen molar-refractivity contribution in [3.8, 4) is 5.75 Å². The fourth-order valence-electron chi connectivity index (χ4n) is 1.67. The minimum atomic E-state index is -4.66. The van der Waals surface area contributed by atoms with Crippen LogP contribution in [0.4, 0.5) is 13.2 Å². The Kier molecular flexibility index (Phi) is 8.68. The maximum absolute atomic E-state index is 11.8. The van der Waals surface area contributed by atoms with Crippen LogP contribution in [-0.2, 0) is 11.3 Å². The van der Waals surface area contributed by atoms with E-state index in [1.165, 1.54) is 18.2 Å². The SMILES string of the molecule is CC(C)(C)CCCC(=O)O.NCc1ccccc1OC(F)(F)F. The van der Waals surface area contributed by atoms with Crippen molar-refractivity contribution >= 4 is 5.97 Å². The van der Waals surface area contributed by atoms with Crippen LogP contribution in [-0.4, -0.2) is 17.4 Å². The number of aliphatic carboxylic acids is 1. The Morgan fingerprint density at radius 2 is 1.78 bits per heavy atom. The van der Waals surface area contributed by atoms with E-state index in [-0.39, 0.29) is 17.7 Å². The Balaban J connectivity index is 0.000000438. The number of halogens is 3. The normalized spacial score (nSPS) is 11.4. The van der Waals surface area contributed by atoms with Crippen molar-refractivity contribution in [3.05, 3.63) is 29.8 Å². The summed E-state index contributed by atoms with van der Waals surface area (Å²) in [5.41, 5.74) is 5.83. The molecule has 132 valence electrons. The van der Waals surface area contributed by atoms with E-state index in [4.69, 9.17) is 10.8 Å². The van der Waals surface area contributed by atoms with Gasteiger partial charge in [0.25, 0.3) is 0 Å². The molecule has 0 aliphatic rings. The summed E-state index contributed by atoms with van der Waals surface area (Å²) in [6.45, 7) is 6.38. The molecule has 0 radical (unpaired) electrons. The summed E-state index contributed by atoms with van der Waals surface area (Å²) >= 11 is 0. The van der Waals surface area contributed by atoms with Crippen LogP contribution in [0.1, 0.15) is 45.6 Å². The molecule has 1 rings (SSSR count). The highest BCUT2D eigenvalue weighted by Crippen LogP contribution is 2.25. The highest BCUT2D eigenvalue weighted by Gasteiger charge is 2.31. The number of alkyl halides is 3. The molecule has 0 amide bonds. The number of benzene rings is 1. The Bertz CT molecular complexity index is 482. The molecule has 4 nitrogen and oxygen atoms in total. The van der Waals surface area contributed by atoms with Crippen molar-refractivity contribution in [2.45, 2.75) is 52.9 Å². The average Bonchev–Trinajstić information content (AvgIpc) is 2.36. The number of nitrogens with two attached hydrogens (primary N) is 1. The second-order valence-electron chi connectivity index (χ2n) is 6.17. The first-order valence-electron chi connectivity index (χ1n) is 7.20. The molecule has 0 unspecified atom stereocenters. The number of hydrogen-bond acceptors (Lipinski definition) is 3. The van der Waals surface area contributed by atoms with Gasteiger partial charge in [0.05, 0.1) is 0 Å². The van der Waals surface area contributed by atoms with Crippen molar-refractivity contribution in [2.24, 2.45) is 11.1 Å². The van der Waals surface area contributed by atoms with Crippen LogP contribution < -0.4 is 10.5 Å². The molecule has 0 bridgehead atoms. The second-order valence-corrected chi connectivity index (χ2v) is 6.17. The molecule has 3 N–H and O–H groups in total. The van der Waals surface area contributed by atoms with Gasteiger partial charge in [0.1, 0.15) is 5.75 Å².